The largest absolute Gasteiger partial charge is 0.484 e. The van der Waals surface area contributed by atoms with Crippen molar-refractivity contribution in [3.05, 3.63) is 65.6 Å². The predicted octanol–water partition coefficient (Wildman–Crippen LogP) is 4.56. The predicted molar refractivity (Wildman–Crippen MR) is 106 cm³/mol. The second-order valence-corrected chi connectivity index (χ2v) is 6.97. The Balaban J connectivity index is 1.48. The van der Waals surface area contributed by atoms with E-state index in [9.17, 15) is 4.79 Å². The lowest BCUT2D eigenvalue weighted by molar-refractivity contribution is -0.118. The molecular formula is C21H20ClN3O2. The standard InChI is InChI=1S/C21H20ClN3O2/c22-15-6-5-7-16(12-15)27-14-21(26)24-18-9-2-1-8-17(18)19-13-25-11-4-3-10-20(25)23-19/h1-2,5-9,12-13H,3-4,10-11,14H2,(H,24,26). The van der Waals surface area contributed by atoms with Crippen LogP contribution in [0.4, 0.5) is 5.69 Å². The second kappa shape index (κ2) is 7.84. The topological polar surface area (TPSA) is 56.1 Å². The van der Waals surface area contributed by atoms with E-state index in [4.69, 9.17) is 21.3 Å². The molecule has 1 amide bonds. The number of amides is 1. The zero-order valence-electron chi connectivity index (χ0n) is 14.8. The smallest absolute Gasteiger partial charge is 0.262 e. The Labute approximate surface area is 162 Å². The van der Waals surface area contributed by atoms with Gasteiger partial charge in [-0.15, -0.1) is 0 Å². The molecule has 1 aliphatic heterocycles. The molecule has 1 N–H and O–H groups in total. The van der Waals surface area contributed by atoms with Crippen molar-refractivity contribution in [2.75, 3.05) is 11.9 Å². The third-order valence-corrected chi connectivity index (χ3v) is 4.79. The number of halogens is 1. The average molecular weight is 382 g/mol. The van der Waals surface area contributed by atoms with Gasteiger partial charge in [0, 0.05) is 29.7 Å². The molecule has 0 aliphatic carbocycles. The SMILES string of the molecule is O=C(COc1cccc(Cl)c1)Nc1ccccc1-c1cn2c(n1)CCCC2. The van der Waals surface area contributed by atoms with E-state index in [-0.39, 0.29) is 12.5 Å². The summed E-state index contributed by atoms with van der Waals surface area (Å²) in [4.78, 5) is 17.1. The number of hydrogen-bond donors (Lipinski definition) is 1. The van der Waals surface area contributed by atoms with Gasteiger partial charge in [-0.2, -0.15) is 0 Å². The van der Waals surface area contributed by atoms with Crippen LogP contribution in [0.15, 0.2) is 54.7 Å². The number of aryl methyl sites for hydroxylation is 2. The molecule has 0 unspecified atom stereocenters. The molecule has 1 aliphatic rings. The van der Waals surface area contributed by atoms with Crippen molar-refractivity contribution in [3.8, 4) is 17.0 Å². The van der Waals surface area contributed by atoms with Crippen LogP contribution in [0.3, 0.4) is 0 Å². The number of anilines is 1. The number of fused-ring (bicyclic) bond motifs is 1. The number of para-hydroxylation sites is 1. The quantitative estimate of drug-likeness (QED) is 0.705. The molecule has 4 rings (SSSR count). The lowest BCUT2D eigenvalue weighted by Gasteiger charge is -2.11. The maximum atomic E-state index is 12.4. The van der Waals surface area contributed by atoms with Crippen molar-refractivity contribution in [2.24, 2.45) is 0 Å². The van der Waals surface area contributed by atoms with Gasteiger partial charge in [0.05, 0.1) is 11.4 Å². The average Bonchev–Trinajstić information content (AvgIpc) is 3.11. The van der Waals surface area contributed by atoms with Crippen LogP contribution in [0.2, 0.25) is 5.02 Å². The molecule has 138 valence electrons. The van der Waals surface area contributed by atoms with Crippen LogP contribution in [0.1, 0.15) is 18.7 Å². The summed E-state index contributed by atoms with van der Waals surface area (Å²) >= 11 is 5.93. The number of benzene rings is 2. The molecule has 1 aromatic heterocycles. The number of imidazole rings is 1. The van der Waals surface area contributed by atoms with E-state index in [0.29, 0.717) is 10.8 Å². The molecule has 2 heterocycles. The van der Waals surface area contributed by atoms with Gasteiger partial charge in [0.15, 0.2) is 6.61 Å². The van der Waals surface area contributed by atoms with Gasteiger partial charge in [0.1, 0.15) is 11.6 Å². The minimum Gasteiger partial charge on any atom is -0.484 e. The first-order valence-corrected chi connectivity index (χ1v) is 9.40. The monoisotopic (exact) mass is 381 g/mol. The Bertz CT molecular complexity index is 944. The Morgan fingerprint density at radius 3 is 2.93 bits per heavy atom. The number of carbonyl (C=O) groups excluding carboxylic acids is 1. The van der Waals surface area contributed by atoms with Crippen LogP contribution in [0.5, 0.6) is 5.75 Å². The molecule has 0 bridgehead atoms. The Morgan fingerprint density at radius 2 is 2.07 bits per heavy atom. The molecule has 0 spiro atoms. The first kappa shape index (κ1) is 17.6. The highest BCUT2D eigenvalue weighted by atomic mass is 35.5. The van der Waals surface area contributed by atoms with Crippen molar-refractivity contribution >= 4 is 23.2 Å². The van der Waals surface area contributed by atoms with Crippen LogP contribution >= 0.6 is 11.6 Å². The van der Waals surface area contributed by atoms with E-state index in [0.717, 1.165) is 35.7 Å². The van der Waals surface area contributed by atoms with Crippen molar-refractivity contribution < 1.29 is 9.53 Å². The summed E-state index contributed by atoms with van der Waals surface area (Å²) in [6, 6.07) is 14.7. The van der Waals surface area contributed by atoms with E-state index in [1.165, 1.54) is 12.8 Å². The fraction of sp³-hybridized carbons (Fsp3) is 0.238. The maximum absolute atomic E-state index is 12.4. The molecule has 0 atom stereocenters. The van der Waals surface area contributed by atoms with E-state index in [2.05, 4.69) is 16.1 Å². The number of ether oxygens (including phenoxy) is 1. The van der Waals surface area contributed by atoms with Crippen molar-refractivity contribution in [2.45, 2.75) is 25.8 Å². The fourth-order valence-electron chi connectivity index (χ4n) is 3.25. The number of rotatable bonds is 5. The summed E-state index contributed by atoms with van der Waals surface area (Å²) in [7, 11) is 0. The molecule has 0 saturated heterocycles. The minimum absolute atomic E-state index is 0.0889. The summed E-state index contributed by atoms with van der Waals surface area (Å²) < 4.78 is 7.72. The first-order chi connectivity index (χ1) is 13.2. The highest BCUT2D eigenvalue weighted by molar-refractivity contribution is 6.30. The summed E-state index contributed by atoms with van der Waals surface area (Å²) in [6.07, 6.45) is 5.43. The maximum Gasteiger partial charge on any atom is 0.262 e. The first-order valence-electron chi connectivity index (χ1n) is 9.03. The minimum atomic E-state index is -0.230. The molecular weight excluding hydrogens is 362 g/mol. The molecule has 27 heavy (non-hydrogen) atoms. The number of nitrogens with zero attached hydrogens (tertiary/aromatic N) is 2. The van der Waals surface area contributed by atoms with E-state index >= 15 is 0 Å². The van der Waals surface area contributed by atoms with Crippen molar-refractivity contribution in [3.63, 3.8) is 0 Å². The molecule has 5 nitrogen and oxygen atoms in total. The van der Waals surface area contributed by atoms with Crippen LogP contribution < -0.4 is 10.1 Å². The highest BCUT2D eigenvalue weighted by Crippen LogP contribution is 2.29. The molecule has 6 heteroatoms. The summed E-state index contributed by atoms with van der Waals surface area (Å²) in [6.45, 7) is 0.915. The Hall–Kier alpha value is -2.79. The van der Waals surface area contributed by atoms with E-state index in [1.807, 2.05) is 24.3 Å². The molecule has 0 radical (unpaired) electrons. The zero-order valence-corrected chi connectivity index (χ0v) is 15.6. The van der Waals surface area contributed by atoms with Gasteiger partial charge >= 0.3 is 0 Å². The fourth-order valence-corrected chi connectivity index (χ4v) is 3.43. The lowest BCUT2D eigenvalue weighted by Crippen LogP contribution is -2.20. The number of hydrogen-bond acceptors (Lipinski definition) is 3. The van der Waals surface area contributed by atoms with Gasteiger partial charge in [0.2, 0.25) is 0 Å². The van der Waals surface area contributed by atoms with Gasteiger partial charge in [0.25, 0.3) is 5.91 Å². The summed E-state index contributed by atoms with van der Waals surface area (Å²) in [5, 5.41) is 3.50. The van der Waals surface area contributed by atoms with Gasteiger partial charge in [-0.25, -0.2) is 4.98 Å². The third kappa shape index (κ3) is 4.14. The normalized spacial score (nSPS) is 13.1. The van der Waals surface area contributed by atoms with Crippen LogP contribution in [-0.4, -0.2) is 22.1 Å². The Morgan fingerprint density at radius 1 is 1.19 bits per heavy atom. The van der Waals surface area contributed by atoms with Crippen molar-refractivity contribution in [1.82, 2.24) is 9.55 Å². The van der Waals surface area contributed by atoms with E-state index in [1.54, 1.807) is 24.3 Å². The molecule has 0 fully saturated rings. The van der Waals surface area contributed by atoms with Gasteiger partial charge in [-0.05, 0) is 37.1 Å². The van der Waals surface area contributed by atoms with Gasteiger partial charge in [-0.3, -0.25) is 4.79 Å². The summed E-state index contributed by atoms with van der Waals surface area (Å²) in [5.74, 6) is 1.45. The third-order valence-electron chi connectivity index (χ3n) is 4.55. The van der Waals surface area contributed by atoms with Gasteiger partial charge < -0.3 is 14.6 Å². The number of aromatic nitrogens is 2. The second-order valence-electron chi connectivity index (χ2n) is 6.53. The number of nitrogens with one attached hydrogen (secondary N) is 1. The lowest BCUT2D eigenvalue weighted by atomic mass is 10.1. The number of carbonyl (C=O) groups is 1. The summed E-state index contributed by atoms with van der Waals surface area (Å²) in [5.41, 5.74) is 2.53. The molecule has 0 saturated carbocycles. The van der Waals surface area contributed by atoms with E-state index < -0.39 is 0 Å². The van der Waals surface area contributed by atoms with Crippen molar-refractivity contribution in [1.29, 1.82) is 0 Å². The zero-order chi connectivity index (χ0) is 18.6. The molecule has 3 aromatic rings. The highest BCUT2D eigenvalue weighted by Gasteiger charge is 2.16. The van der Waals surface area contributed by atoms with Crippen LogP contribution in [0, 0.1) is 0 Å². The Kier molecular flexibility index (Phi) is 5.12. The molecule has 2 aromatic carbocycles. The van der Waals surface area contributed by atoms with Crippen LogP contribution in [-0.2, 0) is 17.8 Å². The van der Waals surface area contributed by atoms with Gasteiger partial charge in [-0.1, -0.05) is 35.9 Å². The van der Waals surface area contributed by atoms with Crippen LogP contribution in [0.25, 0.3) is 11.3 Å².